The van der Waals surface area contributed by atoms with E-state index in [2.05, 4.69) is 20.4 Å². The minimum absolute atomic E-state index is 0.0683. The number of amides is 2. The highest BCUT2D eigenvalue weighted by molar-refractivity contribution is 5.98. The summed E-state index contributed by atoms with van der Waals surface area (Å²) in [6.07, 6.45) is 4.47. The van der Waals surface area contributed by atoms with Crippen molar-refractivity contribution >= 4 is 23.5 Å². The third-order valence-electron chi connectivity index (χ3n) is 7.62. The van der Waals surface area contributed by atoms with Crippen LogP contribution in [0.2, 0.25) is 0 Å². The fourth-order valence-corrected chi connectivity index (χ4v) is 5.40. The average molecular weight is 621 g/mol. The number of alkyl halides is 3. The Kier molecular flexibility index (Phi) is 12.4. The van der Waals surface area contributed by atoms with E-state index in [4.69, 9.17) is 9.47 Å². The first-order valence-electron chi connectivity index (χ1n) is 15.1. The fraction of sp³-hybridized carbons (Fsp3) is 0.548. The molecule has 1 aliphatic carbocycles. The number of pyridine rings is 1. The lowest BCUT2D eigenvalue weighted by Crippen LogP contribution is -2.44. The molecule has 10 nitrogen and oxygen atoms in total. The van der Waals surface area contributed by atoms with Crippen LogP contribution in [0.1, 0.15) is 56.2 Å². The number of benzene rings is 1. The van der Waals surface area contributed by atoms with Crippen LogP contribution in [-0.4, -0.2) is 79.3 Å². The number of anilines is 1. The number of rotatable bonds is 14. The summed E-state index contributed by atoms with van der Waals surface area (Å²) in [5, 5.41) is 5.78. The lowest BCUT2D eigenvalue weighted by molar-refractivity contribution is -0.189. The van der Waals surface area contributed by atoms with Crippen molar-refractivity contribution < 1.29 is 41.8 Å². The van der Waals surface area contributed by atoms with Crippen molar-refractivity contribution in [1.82, 2.24) is 15.2 Å². The number of carbonyl (C=O) groups is 3. The molecule has 2 aliphatic rings. The molecular weight excluding hydrogens is 581 g/mol. The molecule has 0 radical (unpaired) electrons. The smallest absolute Gasteiger partial charge is 0.481 e. The normalized spacial score (nSPS) is 15.5. The van der Waals surface area contributed by atoms with E-state index in [1.54, 1.807) is 6.20 Å². The van der Waals surface area contributed by atoms with E-state index in [-0.39, 0.29) is 30.0 Å². The van der Waals surface area contributed by atoms with Crippen molar-refractivity contribution in [3.63, 3.8) is 0 Å². The molecule has 0 spiro atoms. The zero-order valence-electron chi connectivity index (χ0n) is 24.6. The van der Waals surface area contributed by atoms with Gasteiger partial charge in [0.2, 0.25) is 5.91 Å². The highest BCUT2D eigenvalue weighted by Crippen LogP contribution is 2.40. The summed E-state index contributed by atoms with van der Waals surface area (Å²) in [4.78, 5) is 42.7. The molecule has 0 unspecified atom stereocenters. The van der Waals surface area contributed by atoms with Crippen LogP contribution in [-0.2, 0) is 32.0 Å². The van der Waals surface area contributed by atoms with Gasteiger partial charge in [0.05, 0.1) is 19.6 Å². The summed E-state index contributed by atoms with van der Waals surface area (Å²) in [7, 11) is 0. The molecule has 2 N–H and O–H groups in total. The van der Waals surface area contributed by atoms with Crippen LogP contribution in [0.25, 0.3) is 0 Å². The van der Waals surface area contributed by atoms with Gasteiger partial charge in [0.15, 0.2) is 18.1 Å². The Balaban J connectivity index is 1.28. The van der Waals surface area contributed by atoms with Gasteiger partial charge in [-0.05, 0) is 49.6 Å². The summed E-state index contributed by atoms with van der Waals surface area (Å²) in [5.74, 6) is -3.17. The second-order valence-electron chi connectivity index (χ2n) is 10.8. The first-order valence-corrected chi connectivity index (χ1v) is 15.1. The predicted octanol–water partition coefficient (Wildman–Crippen LogP) is 4.21. The maximum Gasteiger partial charge on any atom is 0.491 e. The van der Waals surface area contributed by atoms with Crippen molar-refractivity contribution in [2.24, 2.45) is 0 Å². The van der Waals surface area contributed by atoms with E-state index in [9.17, 15) is 27.6 Å². The monoisotopic (exact) mass is 620 g/mol. The van der Waals surface area contributed by atoms with E-state index < -0.39 is 23.8 Å². The Morgan fingerprint density at radius 2 is 1.84 bits per heavy atom. The third kappa shape index (κ3) is 9.91. The van der Waals surface area contributed by atoms with Crippen molar-refractivity contribution in [2.45, 2.75) is 70.0 Å². The van der Waals surface area contributed by atoms with E-state index in [0.29, 0.717) is 57.7 Å². The van der Waals surface area contributed by atoms with E-state index in [0.717, 1.165) is 31.4 Å². The first-order chi connectivity index (χ1) is 21.2. The molecule has 0 bridgehead atoms. The topological polar surface area (TPSA) is 119 Å². The predicted molar refractivity (Wildman–Crippen MR) is 155 cm³/mol. The van der Waals surface area contributed by atoms with Gasteiger partial charge in [-0.25, -0.2) is 4.79 Å². The van der Waals surface area contributed by atoms with Gasteiger partial charge in [-0.2, -0.15) is 13.2 Å². The van der Waals surface area contributed by atoms with Crippen molar-refractivity contribution in [2.75, 3.05) is 44.8 Å². The number of aromatic nitrogens is 1. The van der Waals surface area contributed by atoms with Crippen LogP contribution in [0.5, 0.6) is 11.5 Å². The van der Waals surface area contributed by atoms with Gasteiger partial charge < -0.3 is 29.7 Å². The molecule has 2 amide bonds. The maximum atomic E-state index is 13.3. The van der Waals surface area contributed by atoms with Gasteiger partial charge in [0.1, 0.15) is 5.69 Å². The highest BCUT2D eigenvalue weighted by Gasteiger charge is 2.42. The maximum absolute atomic E-state index is 13.3. The molecule has 240 valence electrons. The molecule has 1 aliphatic heterocycles. The average Bonchev–Trinajstić information content (AvgIpc) is 3.29. The standard InChI is InChI=1S/C31H39F3N4O6/c32-31(33,34)30(41)44-25-11-10-22(29-28(25)37-26(39)21-43-29)12-16-35-17-18-38(24-8-3-1-2-4-9-24)27(40)14-20-42-19-13-23-7-5-6-15-36-23/h5-7,10-11,15,24,35H,1-4,8-9,12-14,16-21H2,(H,37,39). The number of halogens is 3. The second-order valence-corrected chi connectivity index (χ2v) is 10.8. The Labute approximate surface area is 254 Å². The van der Waals surface area contributed by atoms with Gasteiger partial charge >= 0.3 is 12.1 Å². The van der Waals surface area contributed by atoms with Crippen molar-refractivity contribution in [3.05, 3.63) is 47.8 Å². The Hall–Kier alpha value is -3.71. The van der Waals surface area contributed by atoms with E-state index in [1.165, 1.54) is 25.0 Å². The number of nitrogens with one attached hydrogen (secondary N) is 2. The number of esters is 1. The third-order valence-corrected chi connectivity index (χ3v) is 7.62. The SMILES string of the molecule is O=C1COc2c(CCNCCN(C(=O)CCOCCc3ccccn3)C3CCCCCC3)ccc(OC(=O)C(F)(F)F)c2N1. The van der Waals surface area contributed by atoms with Gasteiger partial charge in [0.25, 0.3) is 5.91 Å². The van der Waals surface area contributed by atoms with E-state index in [1.807, 2.05) is 23.1 Å². The quantitative estimate of drug-likeness (QED) is 0.140. The fourth-order valence-electron chi connectivity index (χ4n) is 5.40. The molecule has 2 aromatic rings. The lowest BCUT2D eigenvalue weighted by Gasteiger charge is -2.31. The molecule has 1 aromatic heterocycles. The van der Waals surface area contributed by atoms with Crippen LogP contribution >= 0.6 is 0 Å². The largest absolute Gasteiger partial charge is 0.491 e. The summed E-state index contributed by atoms with van der Waals surface area (Å²) < 4.78 is 53.9. The molecule has 44 heavy (non-hydrogen) atoms. The van der Waals surface area contributed by atoms with Crippen LogP contribution in [0.4, 0.5) is 18.9 Å². The zero-order chi connectivity index (χ0) is 31.4. The molecule has 1 aromatic carbocycles. The molecule has 13 heteroatoms. The molecule has 4 rings (SSSR count). The second kappa shape index (κ2) is 16.4. The Morgan fingerprint density at radius 3 is 2.57 bits per heavy atom. The Bertz CT molecular complexity index is 1250. The minimum Gasteiger partial charge on any atom is -0.481 e. The van der Waals surface area contributed by atoms with Gasteiger partial charge in [-0.3, -0.25) is 14.6 Å². The van der Waals surface area contributed by atoms with Gasteiger partial charge in [0, 0.05) is 37.4 Å². The number of fused-ring (bicyclic) bond motifs is 1. The summed E-state index contributed by atoms with van der Waals surface area (Å²) in [5.41, 5.74) is 1.46. The molecule has 1 fully saturated rings. The number of hydrogen-bond acceptors (Lipinski definition) is 8. The molecule has 1 saturated carbocycles. The van der Waals surface area contributed by atoms with Gasteiger partial charge in [-0.15, -0.1) is 0 Å². The van der Waals surface area contributed by atoms with Crippen LogP contribution in [0.3, 0.4) is 0 Å². The van der Waals surface area contributed by atoms with Crippen molar-refractivity contribution in [1.29, 1.82) is 0 Å². The van der Waals surface area contributed by atoms with Gasteiger partial charge in [-0.1, -0.05) is 37.8 Å². The van der Waals surface area contributed by atoms with Crippen molar-refractivity contribution in [3.8, 4) is 11.5 Å². The number of nitrogens with zero attached hydrogens (tertiary/aromatic N) is 2. The summed E-state index contributed by atoms with van der Waals surface area (Å²) in [6, 6.07) is 8.64. The molecule has 0 saturated heterocycles. The Morgan fingerprint density at radius 1 is 1.05 bits per heavy atom. The lowest BCUT2D eigenvalue weighted by atomic mass is 10.1. The molecule has 2 heterocycles. The highest BCUT2D eigenvalue weighted by atomic mass is 19.4. The van der Waals surface area contributed by atoms with Crippen LogP contribution in [0, 0.1) is 0 Å². The van der Waals surface area contributed by atoms with Crippen LogP contribution in [0.15, 0.2) is 36.5 Å². The minimum atomic E-state index is -5.19. The molecular formula is C31H39F3N4O6. The summed E-state index contributed by atoms with van der Waals surface area (Å²) >= 11 is 0. The number of ether oxygens (including phenoxy) is 3. The summed E-state index contributed by atoms with van der Waals surface area (Å²) in [6.45, 7) is 2.10. The zero-order valence-corrected chi connectivity index (χ0v) is 24.6. The number of hydrogen-bond donors (Lipinski definition) is 2. The molecule has 0 atom stereocenters. The van der Waals surface area contributed by atoms with E-state index >= 15 is 0 Å². The van der Waals surface area contributed by atoms with Crippen LogP contribution < -0.4 is 20.1 Å². The first kappa shape index (κ1) is 33.2. The number of carbonyl (C=O) groups excluding carboxylic acids is 3.